The van der Waals surface area contributed by atoms with Crippen LogP contribution in [0.4, 0.5) is 13.2 Å². The van der Waals surface area contributed by atoms with E-state index in [-0.39, 0.29) is 12.3 Å². The van der Waals surface area contributed by atoms with Crippen molar-refractivity contribution in [3.8, 4) is 11.5 Å². The summed E-state index contributed by atoms with van der Waals surface area (Å²) in [5, 5.41) is 1.96. The van der Waals surface area contributed by atoms with Crippen LogP contribution in [0.2, 0.25) is 0 Å². The number of rotatable bonds is 5. The molecule has 26 heavy (non-hydrogen) atoms. The third kappa shape index (κ3) is 5.03. The molecule has 1 aliphatic heterocycles. The third-order valence-corrected chi connectivity index (χ3v) is 4.24. The fraction of sp³-hybridized carbons (Fsp3) is 0.529. The molecule has 1 aromatic rings. The lowest BCUT2D eigenvalue weighted by molar-refractivity contribution is -0.174. The molecule has 1 heterocycles. The first-order valence-corrected chi connectivity index (χ1v) is 8.11. The van der Waals surface area contributed by atoms with E-state index in [0.717, 1.165) is 5.56 Å². The summed E-state index contributed by atoms with van der Waals surface area (Å²) < 4.78 is 47.2. The average Bonchev–Trinajstić information content (AvgIpc) is 2.61. The quantitative estimate of drug-likeness (QED) is 0.855. The fourth-order valence-electron chi connectivity index (χ4n) is 2.82. The molecule has 0 aromatic heterocycles. The molecule has 0 unspecified atom stereocenters. The number of benzene rings is 1. The van der Waals surface area contributed by atoms with Gasteiger partial charge >= 0.3 is 12.1 Å². The number of methoxy groups -OCH3 is 2. The maximum atomic E-state index is 12.4. The Kier molecular flexibility index (Phi) is 6.33. The van der Waals surface area contributed by atoms with Gasteiger partial charge in [-0.25, -0.2) is 0 Å². The molecule has 1 aliphatic rings. The Hall–Kier alpha value is -2.45. The smallest absolute Gasteiger partial charge is 0.471 e. The van der Waals surface area contributed by atoms with Crippen molar-refractivity contribution in [3.05, 3.63) is 23.8 Å². The molecule has 6 nitrogen and oxygen atoms in total. The predicted octanol–water partition coefficient (Wildman–Crippen LogP) is 1.92. The molecule has 0 bridgehead atoms. The van der Waals surface area contributed by atoms with Crippen molar-refractivity contribution in [2.75, 3.05) is 27.3 Å². The Balaban J connectivity index is 1.88. The molecule has 0 aliphatic carbocycles. The summed E-state index contributed by atoms with van der Waals surface area (Å²) in [5.41, 5.74) is 0.750. The van der Waals surface area contributed by atoms with Gasteiger partial charge in [0.15, 0.2) is 11.5 Å². The van der Waals surface area contributed by atoms with Gasteiger partial charge in [-0.3, -0.25) is 9.59 Å². The summed E-state index contributed by atoms with van der Waals surface area (Å²) in [6, 6.07) is 4.61. The zero-order valence-corrected chi connectivity index (χ0v) is 14.6. The molecular formula is C17H21F3N2O4. The van der Waals surface area contributed by atoms with E-state index in [1.807, 2.05) is 5.32 Å². The highest BCUT2D eigenvalue weighted by atomic mass is 19.4. The largest absolute Gasteiger partial charge is 0.493 e. The molecule has 1 N–H and O–H groups in total. The minimum Gasteiger partial charge on any atom is -0.493 e. The van der Waals surface area contributed by atoms with Gasteiger partial charge in [-0.05, 0) is 30.5 Å². The van der Waals surface area contributed by atoms with Crippen molar-refractivity contribution in [2.24, 2.45) is 0 Å². The van der Waals surface area contributed by atoms with Crippen LogP contribution in [0.5, 0.6) is 11.5 Å². The number of nitrogens with zero attached hydrogens (tertiary/aromatic N) is 1. The highest BCUT2D eigenvalue weighted by Gasteiger charge is 2.40. The molecule has 0 atom stereocenters. The standard InChI is InChI=1S/C17H21F3N2O4/c1-25-13-4-3-11(9-14(13)26-2)10-15(23)22-7-5-12(6-8-22)21-16(24)17(18,19)20/h3-4,9,12H,5-8,10H2,1-2H3,(H,21,24). The summed E-state index contributed by atoms with van der Waals surface area (Å²) >= 11 is 0. The maximum Gasteiger partial charge on any atom is 0.471 e. The van der Waals surface area contributed by atoms with Crippen LogP contribution >= 0.6 is 0 Å². The molecule has 9 heteroatoms. The van der Waals surface area contributed by atoms with E-state index >= 15 is 0 Å². The number of halogens is 3. The van der Waals surface area contributed by atoms with Gasteiger partial charge < -0.3 is 19.7 Å². The van der Waals surface area contributed by atoms with Crippen molar-refractivity contribution in [2.45, 2.75) is 31.5 Å². The molecular weight excluding hydrogens is 353 g/mol. The van der Waals surface area contributed by atoms with Crippen LogP contribution in [-0.2, 0) is 16.0 Å². The molecule has 1 fully saturated rings. The monoisotopic (exact) mass is 374 g/mol. The van der Waals surface area contributed by atoms with Gasteiger partial charge in [0.2, 0.25) is 5.91 Å². The van der Waals surface area contributed by atoms with E-state index < -0.39 is 18.1 Å². The SMILES string of the molecule is COc1ccc(CC(=O)N2CCC(NC(=O)C(F)(F)F)CC2)cc1OC. The number of carbonyl (C=O) groups excluding carboxylic acids is 2. The normalized spacial score (nSPS) is 15.5. The summed E-state index contributed by atoms with van der Waals surface area (Å²) in [6.45, 7) is 0.601. The van der Waals surface area contributed by atoms with Crippen LogP contribution in [0.25, 0.3) is 0 Å². The number of ether oxygens (including phenoxy) is 2. The van der Waals surface area contributed by atoms with Crippen LogP contribution < -0.4 is 14.8 Å². The molecule has 2 rings (SSSR count). The van der Waals surface area contributed by atoms with Crippen molar-refractivity contribution >= 4 is 11.8 Å². The Labute approximate surface area is 149 Å². The lowest BCUT2D eigenvalue weighted by Gasteiger charge is -2.32. The van der Waals surface area contributed by atoms with Crippen LogP contribution in [-0.4, -0.2) is 56.2 Å². The fourth-order valence-corrected chi connectivity index (χ4v) is 2.82. The lowest BCUT2D eigenvalue weighted by Crippen LogP contribution is -2.49. The van der Waals surface area contributed by atoms with Gasteiger partial charge in [-0.1, -0.05) is 6.07 Å². The molecule has 2 amide bonds. The molecule has 1 saturated heterocycles. The first-order valence-electron chi connectivity index (χ1n) is 8.11. The number of hydrogen-bond donors (Lipinski definition) is 1. The van der Waals surface area contributed by atoms with E-state index in [1.54, 1.807) is 23.1 Å². The topological polar surface area (TPSA) is 67.9 Å². The van der Waals surface area contributed by atoms with Crippen molar-refractivity contribution in [1.82, 2.24) is 10.2 Å². The molecule has 144 valence electrons. The van der Waals surface area contributed by atoms with Gasteiger partial charge in [-0.15, -0.1) is 0 Å². The highest BCUT2D eigenvalue weighted by molar-refractivity contribution is 5.82. The van der Waals surface area contributed by atoms with Gasteiger partial charge in [0.25, 0.3) is 0 Å². The van der Waals surface area contributed by atoms with E-state index in [2.05, 4.69) is 0 Å². The molecule has 1 aromatic carbocycles. The second kappa shape index (κ2) is 8.29. The zero-order chi connectivity index (χ0) is 19.3. The Bertz CT molecular complexity index is 656. The van der Waals surface area contributed by atoms with Crippen LogP contribution in [0.3, 0.4) is 0 Å². The molecule has 0 saturated carbocycles. The number of hydrogen-bond acceptors (Lipinski definition) is 4. The second-order valence-corrected chi connectivity index (χ2v) is 5.99. The first kappa shape index (κ1) is 19.9. The number of likely N-dealkylation sites (tertiary alicyclic amines) is 1. The third-order valence-electron chi connectivity index (χ3n) is 4.24. The maximum absolute atomic E-state index is 12.4. The van der Waals surface area contributed by atoms with Crippen LogP contribution in [0.1, 0.15) is 18.4 Å². The minimum atomic E-state index is -4.89. The number of piperidine rings is 1. The van der Waals surface area contributed by atoms with Crippen molar-refractivity contribution in [1.29, 1.82) is 0 Å². The van der Waals surface area contributed by atoms with Crippen LogP contribution in [0, 0.1) is 0 Å². The van der Waals surface area contributed by atoms with Gasteiger partial charge in [0.05, 0.1) is 20.6 Å². The number of carbonyl (C=O) groups is 2. The van der Waals surface area contributed by atoms with Gasteiger partial charge in [-0.2, -0.15) is 13.2 Å². The van der Waals surface area contributed by atoms with Crippen molar-refractivity contribution in [3.63, 3.8) is 0 Å². The lowest BCUT2D eigenvalue weighted by atomic mass is 10.0. The van der Waals surface area contributed by atoms with Gasteiger partial charge in [0, 0.05) is 19.1 Å². The van der Waals surface area contributed by atoms with Crippen molar-refractivity contribution < 1.29 is 32.2 Å². The Morgan fingerprint density at radius 2 is 1.77 bits per heavy atom. The number of nitrogens with one attached hydrogen (secondary N) is 1. The number of alkyl halides is 3. The predicted molar refractivity (Wildman–Crippen MR) is 87.0 cm³/mol. The average molecular weight is 374 g/mol. The summed E-state index contributed by atoms with van der Waals surface area (Å²) in [5.74, 6) is -0.985. The van der Waals surface area contributed by atoms with E-state index in [1.165, 1.54) is 14.2 Å². The molecule has 0 spiro atoms. The second-order valence-electron chi connectivity index (χ2n) is 5.99. The van der Waals surface area contributed by atoms with E-state index in [4.69, 9.17) is 9.47 Å². The minimum absolute atomic E-state index is 0.127. The van der Waals surface area contributed by atoms with Crippen LogP contribution in [0.15, 0.2) is 18.2 Å². The highest BCUT2D eigenvalue weighted by Crippen LogP contribution is 2.28. The Morgan fingerprint density at radius 3 is 2.31 bits per heavy atom. The van der Waals surface area contributed by atoms with Gasteiger partial charge in [0.1, 0.15) is 0 Å². The van der Waals surface area contributed by atoms with E-state index in [0.29, 0.717) is 37.4 Å². The zero-order valence-electron chi connectivity index (χ0n) is 14.6. The van der Waals surface area contributed by atoms with E-state index in [9.17, 15) is 22.8 Å². The summed E-state index contributed by atoms with van der Waals surface area (Å²) in [4.78, 5) is 24.9. The first-order chi connectivity index (χ1) is 12.2. The Morgan fingerprint density at radius 1 is 1.15 bits per heavy atom. The molecule has 0 radical (unpaired) electrons. The number of amides is 2. The summed E-state index contributed by atoms with van der Waals surface area (Å²) in [7, 11) is 3.02. The summed E-state index contributed by atoms with van der Waals surface area (Å²) in [6.07, 6.45) is -4.15.